The smallest absolute Gasteiger partial charge is 0.231 e. The fourth-order valence-electron chi connectivity index (χ4n) is 3.07. The summed E-state index contributed by atoms with van der Waals surface area (Å²) >= 11 is 0. The normalized spacial score (nSPS) is 16.2. The van der Waals surface area contributed by atoms with E-state index < -0.39 is 0 Å². The van der Waals surface area contributed by atoms with Gasteiger partial charge in [0.25, 0.3) is 0 Å². The number of hydrogen-bond donors (Lipinski definition) is 2. The Balaban J connectivity index is 1.44. The minimum Gasteiger partial charge on any atom is -0.507 e. The molecule has 108 valence electrons. The summed E-state index contributed by atoms with van der Waals surface area (Å²) in [5.74, 6) is 1.58. The summed E-state index contributed by atoms with van der Waals surface area (Å²) in [5, 5.41) is 13.6. The van der Waals surface area contributed by atoms with E-state index in [1.807, 2.05) is 6.07 Å². The average molecular weight is 283 g/mol. The average Bonchev–Trinajstić information content (AvgIpc) is 3.09. The number of ether oxygens (including phenoxy) is 2. The summed E-state index contributed by atoms with van der Waals surface area (Å²) in [6, 6.07) is 12.5. The van der Waals surface area contributed by atoms with Crippen molar-refractivity contribution in [3.63, 3.8) is 0 Å². The number of rotatable bonds is 3. The standard InChI is InChI=1S/C17H17NO3/c19-15-8-17-16(20-10-21-17)7-13(15)9-18-14-5-11-3-1-2-4-12(11)6-14/h1-4,7-8,14,18-19H,5-6,9-10H2. The molecule has 0 unspecified atom stereocenters. The number of fused-ring (bicyclic) bond motifs is 2. The van der Waals surface area contributed by atoms with Gasteiger partial charge in [0.2, 0.25) is 6.79 Å². The van der Waals surface area contributed by atoms with E-state index in [9.17, 15) is 5.11 Å². The van der Waals surface area contributed by atoms with Crippen LogP contribution in [0.3, 0.4) is 0 Å². The molecular formula is C17H17NO3. The van der Waals surface area contributed by atoms with Crippen LogP contribution in [0.2, 0.25) is 0 Å². The molecular weight excluding hydrogens is 266 g/mol. The van der Waals surface area contributed by atoms with Gasteiger partial charge in [-0.1, -0.05) is 24.3 Å². The molecule has 0 spiro atoms. The number of phenolic OH excluding ortho intramolecular Hbond substituents is 1. The van der Waals surface area contributed by atoms with E-state index >= 15 is 0 Å². The Morgan fingerprint density at radius 1 is 1.05 bits per heavy atom. The summed E-state index contributed by atoms with van der Waals surface area (Å²) < 4.78 is 10.6. The van der Waals surface area contributed by atoms with E-state index in [2.05, 4.69) is 29.6 Å². The van der Waals surface area contributed by atoms with Gasteiger partial charge in [0.15, 0.2) is 11.5 Å². The van der Waals surface area contributed by atoms with Crippen LogP contribution in [0.4, 0.5) is 0 Å². The van der Waals surface area contributed by atoms with Crippen molar-refractivity contribution in [2.45, 2.75) is 25.4 Å². The highest BCUT2D eigenvalue weighted by Crippen LogP contribution is 2.37. The molecule has 0 saturated heterocycles. The van der Waals surface area contributed by atoms with Gasteiger partial charge in [-0.2, -0.15) is 0 Å². The third-order valence-electron chi connectivity index (χ3n) is 4.21. The first-order valence-corrected chi connectivity index (χ1v) is 7.21. The Morgan fingerprint density at radius 3 is 2.43 bits per heavy atom. The quantitative estimate of drug-likeness (QED) is 0.908. The van der Waals surface area contributed by atoms with Crippen molar-refractivity contribution in [2.24, 2.45) is 0 Å². The van der Waals surface area contributed by atoms with Crippen LogP contribution in [-0.2, 0) is 19.4 Å². The zero-order valence-corrected chi connectivity index (χ0v) is 11.6. The molecule has 2 aromatic carbocycles. The predicted molar refractivity (Wildman–Crippen MR) is 78.7 cm³/mol. The first-order chi connectivity index (χ1) is 10.3. The second kappa shape index (κ2) is 4.97. The van der Waals surface area contributed by atoms with E-state index in [0.717, 1.165) is 18.4 Å². The van der Waals surface area contributed by atoms with Crippen LogP contribution in [-0.4, -0.2) is 17.9 Å². The van der Waals surface area contributed by atoms with Crippen molar-refractivity contribution in [3.8, 4) is 17.2 Å². The molecule has 0 atom stereocenters. The predicted octanol–water partition coefficient (Wildman–Crippen LogP) is 2.38. The highest BCUT2D eigenvalue weighted by Gasteiger charge is 2.21. The van der Waals surface area contributed by atoms with Crippen LogP contribution in [0.5, 0.6) is 17.2 Å². The largest absolute Gasteiger partial charge is 0.507 e. The summed E-state index contributed by atoms with van der Waals surface area (Å²) in [6.45, 7) is 0.852. The topological polar surface area (TPSA) is 50.7 Å². The lowest BCUT2D eigenvalue weighted by molar-refractivity contribution is 0.174. The van der Waals surface area contributed by atoms with Crippen molar-refractivity contribution in [1.82, 2.24) is 5.32 Å². The maximum absolute atomic E-state index is 10.0. The maximum Gasteiger partial charge on any atom is 0.231 e. The van der Waals surface area contributed by atoms with Gasteiger partial charge in [-0.3, -0.25) is 0 Å². The molecule has 4 rings (SSSR count). The molecule has 1 aliphatic carbocycles. The second-order valence-electron chi connectivity index (χ2n) is 5.59. The molecule has 21 heavy (non-hydrogen) atoms. The molecule has 2 aliphatic rings. The maximum atomic E-state index is 10.0. The molecule has 0 radical (unpaired) electrons. The van der Waals surface area contributed by atoms with E-state index in [0.29, 0.717) is 24.1 Å². The third-order valence-corrected chi connectivity index (χ3v) is 4.21. The second-order valence-corrected chi connectivity index (χ2v) is 5.59. The number of aromatic hydroxyl groups is 1. The van der Waals surface area contributed by atoms with Crippen LogP contribution in [0.25, 0.3) is 0 Å². The number of hydrogen-bond acceptors (Lipinski definition) is 4. The Labute approximate surface area is 123 Å². The van der Waals surface area contributed by atoms with E-state index in [-0.39, 0.29) is 12.5 Å². The van der Waals surface area contributed by atoms with Gasteiger partial charge in [0.1, 0.15) is 5.75 Å². The molecule has 0 fully saturated rings. The van der Waals surface area contributed by atoms with Crippen LogP contribution in [0.15, 0.2) is 36.4 Å². The Kier molecular flexibility index (Phi) is 2.97. The molecule has 0 aromatic heterocycles. The van der Waals surface area contributed by atoms with E-state index in [1.54, 1.807) is 6.07 Å². The summed E-state index contributed by atoms with van der Waals surface area (Å²) in [4.78, 5) is 0. The number of phenols is 1. The molecule has 0 saturated carbocycles. The lowest BCUT2D eigenvalue weighted by Gasteiger charge is -2.13. The molecule has 0 amide bonds. The van der Waals surface area contributed by atoms with Crippen molar-refractivity contribution in [3.05, 3.63) is 53.1 Å². The van der Waals surface area contributed by atoms with Gasteiger partial charge in [0, 0.05) is 24.2 Å². The fourth-order valence-corrected chi connectivity index (χ4v) is 3.07. The summed E-state index contributed by atoms with van der Waals surface area (Å²) in [7, 11) is 0. The monoisotopic (exact) mass is 283 g/mol. The Hall–Kier alpha value is -2.20. The van der Waals surface area contributed by atoms with Gasteiger partial charge >= 0.3 is 0 Å². The number of benzene rings is 2. The van der Waals surface area contributed by atoms with Crippen LogP contribution in [0.1, 0.15) is 16.7 Å². The molecule has 1 heterocycles. The molecule has 1 aliphatic heterocycles. The lowest BCUT2D eigenvalue weighted by atomic mass is 10.1. The van der Waals surface area contributed by atoms with Crippen molar-refractivity contribution in [1.29, 1.82) is 0 Å². The minimum atomic E-state index is 0.226. The highest BCUT2D eigenvalue weighted by atomic mass is 16.7. The summed E-state index contributed by atoms with van der Waals surface area (Å²) in [6.07, 6.45) is 2.09. The Morgan fingerprint density at radius 2 is 1.71 bits per heavy atom. The SMILES string of the molecule is Oc1cc2c(cc1CNC1Cc3ccccc3C1)OCO2. The third kappa shape index (κ3) is 2.32. The zero-order chi connectivity index (χ0) is 14.2. The van der Waals surface area contributed by atoms with Crippen LogP contribution in [0, 0.1) is 0 Å². The van der Waals surface area contributed by atoms with Gasteiger partial charge in [-0.05, 0) is 30.0 Å². The van der Waals surface area contributed by atoms with Crippen molar-refractivity contribution < 1.29 is 14.6 Å². The zero-order valence-electron chi connectivity index (χ0n) is 11.6. The molecule has 2 aromatic rings. The fraction of sp³-hybridized carbons (Fsp3) is 0.294. The van der Waals surface area contributed by atoms with Gasteiger partial charge < -0.3 is 19.9 Å². The molecule has 4 nitrogen and oxygen atoms in total. The molecule has 2 N–H and O–H groups in total. The van der Waals surface area contributed by atoms with Crippen LogP contribution < -0.4 is 14.8 Å². The summed E-state index contributed by atoms with van der Waals surface area (Å²) in [5.41, 5.74) is 3.69. The van der Waals surface area contributed by atoms with Gasteiger partial charge in [0.05, 0.1) is 0 Å². The Bertz CT molecular complexity index is 659. The lowest BCUT2D eigenvalue weighted by Crippen LogP contribution is -2.28. The van der Waals surface area contributed by atoms with Crippen molar-refractivity contribution >= 4 is 0 Å². The molecule has 4 heteroatoms. The highest BCUT2D eigenvalue weighted by molar-refractivity contribution is 5.51. The minimum absolute atomic E-state index is 0.226. The van der Waals surface area contributed by atoms with Crippen LogP contribution >= 0.6 is 0 Å². The van der Waals surface area contributed by atoms with Crippen molar-refractivity contribution in [2.75, 3.05) is 6.79 Å². The molecule has 0 bridgehead atoms. The first-order valence-electron chi connectivity index (χ1n) is 7.21. The van der Waals surface area contributed by atoms with E-state index in [4.69, 9.17) is 9.47 Å². The first kappa shape index (κ1) is 12.5. The van der Waals surface area contributed by atoms with Gasteiger partial charge in [-0.15, -0.1) is 0 Å². The van der Waals surface area contributed by atoms with E-state index in [1.165, 1.54) is 11.1 Å². The number of nitrogens with one attached hydrogen (secondary N) is 1. The van der Waals surface area contributed by atoms with Gasteiger partial charge in [-0.25, -0.2) is 0 Å².